The molecule has 0 unspecified atom stereocenters. The molecule has 0 aliphatic rings. The highest BCUT2D eigenvalue weighted by Crippen LogP contribution is 2.27. The highest BCUT2D eigenvalue weighted by molar-refractivity contribution is 9.10. The molecule has 0 atom stereocenters. The molecule has 6 heteroatoms. The van der Waals surface area contributed by atoms with Crippen molar-refractivity contribution in [2.24, 2.45) is 0 Å². The smallest absolute Gasteiger partial charge is 0.169 e. The number of nitrogens with zero attached hydrogens (tertiary/aromatic N) is 3. The van der Waals surface area contributed by atoms with E-state index in [9.17, 15) is 0 Å². The summed E-state index contributed by atoms with van der Waals surface area (Å²) in [5.74, 6) is 1.25. The van der Waals surface area contributed by atoms with Crippen LogP contribution in [0.3, 0.4) is 0 Å². The van der Waals surface area contributed by atoms with Crippen molar-refractivity contribution in [1.82, 2.24) is 14.6 Å². The molecule has 80 valence electrons. The zero-order chi connectivity index (χ0) is 11.1. The Morgan fingerprint density at radius 3 is 2.94 bits per heavy atom. The number of aromatic nitrogens is 3. The Balaban J connectivity index is 2.29. The lowest BCUT2D eigenvalue weighted by Crippen LogP contribution is -1.98. The van der Waals surface area contributed by atoms with Gasteiger partial charge in [0.2, 0.25) is 0 Å². The molecule has 0 amide bonds. The van der Waals surface area contributed by atoms with Gasteiger partial charge in [-0.3, -0.25) is 0 Å². The van der Waals surface area contributed by atoms with E-state index in [2.05, 4.69) is 26.0 Å². The van der Waals surface area contributed by atoms with E-state index >= 15 is 0 Å². The van der Waals surface area contributed by atoms with E-state index in [1.165, 1.54) is 0 Å². The van der Waals surface area contributed by atoms with Gasteiger partial charge in [0.15, 0.2) is 10.3 Å². The van der Waals surface area contributed by atoms with Gasteiger partial charge in [0, 0.05) is 6.20 Å². The van der Waals surface area contributed by atoms with Crippen LogP contribution in [0.2, 0.25) is 0 Å². The van der Waals surface area contributed by atoms with E-state index in [0.29, 0.717) is 21.9 Å². The van der Waals surface area contributed by atoms with Crippen LogP contribution < -0.4 is 5.73 Å². The van der Waals surface area contributed by atoms with Gasteiger partial charge in [-0.2, -0.15) is 9.61 Å². The van der Waals surface area contributed by atoms with Crippen molar-refractivity contribution < 1.29 is 4.42 Å². The molecule has 0 bridgehead atoms. The van der Waals surface area contributed by atoms with E-state index in [-0.39, 0.29) is 0 Å². The second-order valence-electron chi connectivity index (χ2n) is 3.27. The first-order valence-electron chi connectivity index (χ1n) is 4.59. The standard InChI is InChI=1S/C10H7BrN4O/c11-8-2-1-7(16-8)6-5-14-15-9(12)3-4-13-10(6)15/h1-5H,12H2. The molecule has 2 N–H and O–H groups in total. The molecular formula is C10H7BrN4O. The van der Waals surface area contributed by atoms with E-state index in [0.717, 1.165) is 5.56 Å². The normalized spacial score (nSPS) is 11.1. The Labute approximate surface area is 99.0 Å². The SMILES string of the molecule is Nc1ccnc2c(-c3ccc(Br)o3)cnn12. The van der Waals surface area contributed by atoms with Gasteiger partial charge in [0.1, 0.15) is 11.6 Å². The molecule has 0 fully saturated rings. The van der Waals surface area contributed by atoms with Crippen molar-refractivity contribution in [3.05, 3.63) is 35.3 Å². The van der Waals surface area contributed by atoms with Crippen molar-refractivity contribution in [2.45, 2.75) is 0 Å². The van der Waals surface area contributed by atoms with Gasteiger partial charge in [0.25, 0.3) is 0 Å². The Morgan fingerprint density at radius 2 is 2.19 bits per heavy atom. The zero-order valence-corrected chi connectivity index (χ0v) is 9.68. The molecule has 5 nitrogen and oxygen atoms in total. The van der Waals surface area contributed by atoms with Crippen LogP contribution in [-0.2, 0) is 0 Å². The quantitative estimate of drug-likeness (QED) is 0.742. The molecule has 0 radical (unpaired) electrons. The van der Waals surface area contributed by atoms with Crippen LogP contribution in [0.1, 0.15) is 0 Å². The topological polar surface area (TPSA) is 69.3 Å². The van der Waals surface area contributed by atoms with E-state index in [1.54, 1.807) is 23.0 Å². The second-order valence-corrected chi connectivity index (χ2v) is 4.05. The number of fused-ring (bicyclic) bond motifs is 1. The first-order valence-corrected chi connectivity index (χ1v) is 5.39. The van der Waals surface area contributed by atoms with E-state index in [4.69, 9.17) is 10.2 Å². The van der Waals surface area contributed by atoms with Crippen molar-refractivity contribution >= 4 is 27.4 Å². The Hall–Kier alpha value is -1.82. The fraction of sp³-hybridized carbons (Fsp3) is 0. The summed E-state index contributed by atoms with van der Waals surface area (Å²) >= 11 is 3.26. The van der Waals surface area contributed by atoms with Gasteiger partial charge in [-0.1, -0.05) is 0 Å². The van der Waals surface area contributed by atoms with Crippen LogP contribution in [0.15, 0.2) is 39.7 Å². The fourth-order valence-electron chi connectivity index (χ4n) is 1.54. The first-order chi connectivity index (χ1) is 7.75. The van der Waals surface area contributed by atoms with Gasteiger partial charge >= 0.3 is 0 Å². The lowest BCUT2D eigenvalue weighted by atomic mass is 10.2. The molecule has 0 saturated heterocycles. The molecule has 0 saturated carbocycles. The van der Waals surface area contributed by atoms with Gasteiger partial charge in [-0.05, 0) is 34.1 Å². The summed E-state index contributed by atoms with van der Waals surface area (Å²) in [6.45, 7) is 0. The number of nitrogens with two attached hydrogens (primary N) is 1. The summed E-state index contributed by atoms with van der Waals surface area (Å²) in [7, 11) is 0. The third kappa shape index (κ3) is 1.30. The second kappa shape index (κ2) is 3.34. The van der Waals surface area contributed by atoms with E-state index in [1.807, 2.05) is 12.1 Å². The minimum atomic E-state index is 0.543. The summed E-state index contributed by atoms with van der Waals surface area (Å²) in [6.07, 6.45) is 3.33. The van der Waals surface area contributed by atoms with Crippen LogP contribution in [0.5, 0.6) is 0 Å². The average molecular weight is 279 g/mol. The van der Waals surface area contributed by atoms with Crippen LogP contribution in [0.4, 0.5) is 5.82 Å². The predicted octanol–water partition coefficient (Wildman–Crippen LogP) is 2.33. The van der Waals surface area contributed by atoms with Gasteiger partial charge in [-0.25, -0.2) is 4.98 Å². The number of hydrogen-bond donors (Lipinski definition) is 1. The molecule has 3 aromatic rings. The fourth-order valence-corrected chi connectivity index (χ4v) is 1.85. The highest BCUT2D eigenvalue weighted by Gasteiger charge is 2.12. The summed E-state index contributed by atoms with van der Waals surface area (Å²) in [6, 6.07) is 5.37. The molecule has 16 heavy (non-hydrogen) atoms. The molecule has 0 aliphatic heterocycles. The monoisotopic (exact) mass is 278 g/mol. The van der Waals surface area contributed by atoms with Gasteiger partial charge in [0.05, 0.1) is 11.8 Å². The maximum atomic E-state index is 5.77. The number of hydrogen-bond acceptors (Lipinski definition) is 4. The van der Waals surface area contributed by atoms with Crippen LogP contribution in [0, 0.1) is 0 Å². The number of anilines is 1. The minimum absolute atomic E-state index is 0.543. The number of halogens is 1. The Bertz CT molecular complexity index is 658. The van der Waals surface area contributed by atoms with Crippen molar-refractivity contribution in [1.29, 1.82) is 0 Å². The summed E-state index contributed by atoms with van der Waals surface area (Å²) < 4.78 is 7.71. The first kappa shape index (κ1) is 9.41. The molecule has 0 spiro atoms. The maximum Gasteiger partial charge on any atom is 0.169 e. The summed E-state index contributed by atoms with van der Waals surface area (Å²) in [5.41, 5.74) is 7.27. The minimum Gasteiger partial charge on any atom is -0.449 e. The molecule has 0 aromatic carbocycles. The molecule has 3 rings (SSSR count). The lowest BCUT2D eigenvalue weighted by Gasteiger charge is -1.97. The van der Waals surface area contributed by atoms with Gasteiger partial charge in [-0.15, -0.1) is 0 Å². The van der Waals surface area contributed by atoms with E-state index < -0.39 is 0 Å². The molecule has 3 aromatic heterocycles. The third-order valence-corrected chi connectivity index (χ3v) is 2.70. The number of nitrogen functional groups attached to an aromatic ring is 1. The predicted molar refractivity (Wildman–Crippen MR) is 62.8 cm³/mol. The van der Waals surface area contributed by atoms with Crippen molar-refractivity contribution in [2.75, 3.05) is 5.73 Å². The molecule has 3 heterocycles. The van der Waals surface area contributed by atoms with Gasteiger partial charge < -0.3 is 10.2 Å². The number of furan rings is 1. The molecule has 0 aliphatic carbocycles. The Morgan fingerprint density at radius 1 is 1.31 bits per heavy atom. The summed E-state index contributed by atoms with van der Waals surface area (Å²) in [4.78, 5) is 4.23. The van der Waals surface area contributed by atoms with Crippen LogP contribution in [0.25, 0.3) is 17.0 Å². The maximum absolute atomic E-state index is 5.77. The van der Waals surface area contributed by atoms with Crippen LogP contribution >= 0.6 is 15.9 Å². The largest absolute Gasteiger partial charge is 0.449 e. The Kier molecular flexibility index (Phi) is 1.97. The average Bonchev–Trinajstić information content (AvgIpc) is 2.84. The van der Waals surface area contributed by atoms with Crippen molar-refractivity contribution in [3.63, 3.8) is 0 Å². The number of rotatable bonds is 1. The summed E-state index contributed by atoms with van der Waals surface area (Å²) in [5, 5.41) is 4.16. The molecular weight excluding hydrogens is 272 g/mol. The van der Waals surface area contributed by atoms with Crippen molar-refractivity contribution in [3.8, 4) is 11.3 Å². The lowest BCUT2D eigenvalue weighted by molar-refractivity contribution is 0.556. The zero-order valence-electron chi connectivity index (χ0n) is 8.09. The third-order valence-electron chi connectivity index (χ3n) is 2.27. The van der Waals surface area contributed by atoms with Crippen LogP contribution in [-0.4, -0.2) is 14.6 Å². The highest BCUT2D eigenvalue weighted by atomic mass is 79.9.